The molecule has 13 heteroatoms. The normalized spacial score (nSPS) is 28.0. The summed E-state index contributed by atoms with van der Waals surface area (Å²) in [5.41, 5.74) is 1.69. The number of carbonyl (C=O) groups excluding carboxylic acids is 4. The van der Waals surface area contributed by atoms with E-state index >= 15 is 0 Å². The molecule has 4 amide bonds. The van der Waals surface area contributed by atoms with Crippen molar-refractivity contribution in [2.75, 3.05) is 55.2 Å². The number of phenols is 1. The highest BCUT2D eigenvalue weighted by Crippen LogP contribution is 2.61. The molecule has 3 aliphatic heterocycles. The number of ether oxygens (including phenoxy) is 3. The number of benzene rings is 3. The van der Waals surface area contributed by atoms with Crippen LogP contribution < -0.4 is 24.2 Å². The number of imide groups is 2. The number of allylic oxidation sites excluding steroid dienone is 3. The molecule has 1 N–H and O–H groups in total. The maximum Gasteiger partial charge on any atom is 0.241 e. The van der Waals surface area contributed by atoms with Crippen molar-refractivity contribution in [1.29, 1.82) is 0 Å². The fraction of sp³-hybridized carbons (Fsp3) is 0.366. The summed E-state index contributed by atoms with van der Waals surface area (Å²) in [4.78, 5) is 62.2. The lowest BCUT2D eigenvalue weighted by atomic mass is 9.52. The number of hydrogen-bond donors (Lipinski definition) is 1. The van der Waals surface area contributed by atoms with E-state index in [2.05, 4.69) is 4.90 Å². The highest BCUT2D eigenvalue weighted by atomic mass is 35.5. The molecule has 3 aromatic carbocycles. The Hall–Kier alpha value is -5.20. The number of morpholine rings is 1. The van der Waals surface area contributed by atoms with Gasteiger partial charge >= 0.3 is 0 Å². The summed E-state index contributed by atoms with van der Waals surface area (Å²) in [6.07, 6.45) is 6.02. The monoisotopic (exact) mass is 755 g/mol. The lowest BCUT2D eigenvalue weighted by Crippen LogP contribution is -2.49. The molecule has 3 saturated heterocycles. The van der Waals surface area contributed by atoms with Crippen LogP contribution in [0.2, 0.25) is 5.02 Å². The molecule has 0 spiro atoms. The van der Waals surface area contributed by atoms with E-state index in [1.807, 2.05) is 24.3 Å². The molecule has 8 rings (SSSR count). The zero-order chi connectivity index (χ0) is 38.1. The molecule has 3 aromatic rings. The highest BCUT2D eigenvalue weighted by molar-refractivity contribution is 6.31. The number of fused-ring (bicyclic) bond motifs is 4. The maximum atomic E-state index is 14.6. The van der Waals surface area contributed by atoms with Gasteiger partial charge < -0.3 is 24.2 Å². The zero-order valence-electron chi connectivity index (χ0n) is 30.0. The van der Waals surface area contributed by atoms with Gasteiger partial charge in [0.25, 0.3) is 0 Å². The number of rotatable bonds is 7. The minimum atomic E-state index is -1.31. The van der Waals surface area contributed by atoms with E-state index in [0.717, 1.165) is 35.3 Å². The molecule has 4 fully saturated rings. The molecule has 0 radical (unpaired) electrons. The highest BCUT2D eigenvalue weighted by Gasteiger charge is 2.67. The first-order valence-corrected chi connectivity index (χ1v) is 18.3. The zero-order valence-corrected chi connectivity index (χ0v) is 30.7. The van der Waals surface area contributed by atoms with Crippen LogP contribution in [0.4, 0.5) is 21.5 Å². The molecule has 6 unspecified atom stereocenters. The smallest absolute Gasteiger partial charge is 0.241 e. The van der Waals surface area contributed by atoms with E-state index in [1.165, 1.54) is 31.3 Å². The van der Waals surface area contributed by atoms with Crippen molar-refractivity contribution < 1.29 is 42.9 Å². The van der Waals surface area contributed by atoms with Gasteiger partial charge in [0.05, 0.1) is 67.0 Å². The van der Waals surface area contributed by atoms with Crippen molar-refractivity contribution in [3.05, 3.63) is 88.7 Å². The topological polar surface area (TPSA) is 126 Å². The Morgan fingerprint density at radius 3 is 2.17 bits per heavy atom. The Labute approximate surface area is 316 Å². The molecule has 1 saturated carbocycles. The largest absolute Gasteiger partial charge is 0.502 e. The van der Waals surface area contributed by atoms with Crippen molar-refractivity contribution in [1.82, 2.24) is 0 Å². The predicted octanol–water partition coefficient (Wildman–Crippen LogP) is 6.02. The standard InChI is InChI=1S/C41H39ClFN3O8/c1-41-29(12-4-22-18-33(52-2)36(47)34(19-22)53-3)26-10-11-27-35(28(26)21-30(41)38(49)46(40(41)51)25-9-13-32(43)31(42)20-25)39(50)45(37(27)48)24-7-5-23(6-8-24)44-14-16-54-17-15-44/h4-10,12-13,18-20,27-30,35,47H,11,14-17,21H2,1-3H3. The van der Waals surface area contributed by atoms with Gasteiger partial charge in [0, 0.05) is 24.7 Å². The average molecular weight is 756 g/mol. The Kier molecular flexibility index (Phi) is 9.01. The Balaban J connectivity index is 1.18. The van der Waals surface area contributed by atoms with Crippen molar-refractivity contribution in [2.24, 2.45) is 35.0 Å². The minimum Gasteiger partial charge on any atom is -0.502 e. The van der Waals surface area contributed by atoms with Crippen LogP contribution in [-0.2, 0) is 23.9 Å². The lowest BCUT2D eigenvalue weighted by Gasteiger charge is -2.47. The van der Waals surface area contributed by atoms with Crippen LogP contribution in [-0.4, -0.2) is 69.3 Å². The number of halogens is 2. The number of anilines is 3. The summed E-state index contributed by atoms with van der Waals surface area (Å²) in [6, 6.07) is 14.4. The molecule has 54 heavy (non-hydrogen) atoms. The first-order valence-electron chi connectivity index (χ1n) is 17.9. The second-order valence-corrected chi connectivity index (χ2v) is 15.0. The number of hydrogen-bond acceptors (Lipinski definition) is 9. The number of methoxy groups -OCH3 is 2. The van der Waals surface area contributed by atoms with Gasteiger partial charge in [0.15, 0.2) is 11.5 Å². The van der Waals surface area contributed by atoms with E-state index < -0.39 is 52.6 Å². The molecule has 6 atom stereocenters. The summed E-state index contributed by atoms with van der Waals surface area (Å²) < 4.78 is 30.4. The summed E-state index contributed by atoms with van der Waals surface area (Å²) in [6.45, 7) is 4.50. The Morgan fingerprint density at radius 1 is 0.870 bits per heavy atom. The van der Waals surface area contributed by atoms with Crippen LogP contribution in [0.3, 0.4) is 0 Å². The maximum absolute atomic E-state index is 14.6. The third kappa shape index (κ3) is 5.48. The Morgan fingerprint density at radius 2 is 1.52 bits per heavy atom. The van der Waals surface area contributed by atoms with Crippen LogP contribution in [0.5, 0.6) is 17.2 Å². The summed E-state index contributed by atoms with van der Waals surface area (Å²) in [5.74, 6) is -5.55. The van der Waals surface area contributed by atoms with E-state index in [-0.39, 0.29) is 52.6 Å². The minimum absolute atomic E-state index is 0.149. The quantitative estimate of drug-likeness (QED) is 0.228. The van der Waals surface area contributed by atoms with E-state index in [1.54, 1.807) is 37.3 Å². The van der Waals surface area contributed by atoms with E-state index in [9.17, 15) is 28.7 Å². The summed E-state index contributed by atoms with van der Waals surface area (Å²) >= 11 is 6.12. The summed E-state index contributed by atoms with van der Waals surface area (Å²) in [5, 5.41) is 10.3. The van der Waals surface area contributed by atoms with E-state index in [4.69, 9.17) is 25.8 Å². The average Bonchev–Trinajstić information content (AvgIpc) is 3.55. The molecule has 3 heterocycles. The predicted molar refractivity (Wildman–Crippen MR) is 199 cm³/mol. The fourth-order valence-corrected chi connectivity index (χ4v) is 9.37. The van der Waals surface area contributed by atoms with Crippen LogP contribution in [0, 0.1) is 40.8 Å². The first kappa shape index (κ1) is 35.8. The second kappa shape index (κ2) is 13.6. The van der Waals surface area contributed by atoms with Crippen LogP contribution >= 0.6 is 11.6 Å². The number of amides is 4. The number of nitrogens with zero attached hydrogens (tertiary/aromatic N) is 3. The third-order valence-corrected chi connectivity index (χ3v) is 12.3. The Bertz CT molecular complexity index is 2110. The van der Waals surface area contributed by atoms with Crippen LogP contribution in [0.1, 0.15) is 25.3 Å². The molecule has 280 valence electrons. The second-order valence-electron chi connectivity index (χ2n) is 14.6. The third-order valence-electron chi connectivity index (χ3n) is 12.0. The number of aromatic hydroxyl groups is 1. The first-order chi connectivity index (χ1) is 26.0. The van der Waals surface area contributed by atoms with Gasteiger partial charge in [0.1, 0.15) is 5.82 Å². The van der Waals surface area contributed by atoms with Crippen molar-refractivity contribution in [3.63, 3.8) is 0 Å². The van der Waals surface area contributed by atoms with Gasteiger partial charge in [0.2, 0.25) is 29.4 Å². The van der Waals surface area contributed by atoms with Crippen molar-refractivity contribution in [3.8, 4) is 17.2 Å². The van der Waals surface area contributed by atoms with Gasteiger partial charge in [-0.15, -0.1) is 0 Å². The SMILES string of the molecule is COc1cc(C=CC2C3=CCC4C(=O)N(c5ccc(N6CCOCC6)cc5)C(=O)C4C3CC3C(=O)N(c4ccc(F)c(Cl)c4)C(=O)C23C)cc(OC)c1O. The van der Waals surface area contributed by atoms with Gasteiger partial charge in [-0.3, -0.25) is 24.1 Å². The van der Waals surface area contributed by atoms with Gasteiger partial charge in [-0.25, -0.2) is 9.29 Å². The van der Waals surface area contributed by atoms with Gasteiger partial charge in [-0.1, -0.05) is 35.4 Å². The fourth-order valence-electron chi connectivity index (χ4n) is 9.19. The number of carbonyl (C=O) groups is 4. The lowest BCUT2D eigenvalue weighted by molar-refractivity contribution is -0.132. The molecule has 0 bridgehead atoms. The molecule has 2 aliphatic carbocycles. The number of phenolic OH excluding ortho intramolecular Hbond substituents is 1. The molecule has 5 aliphatic rings. The van der Waals surface area contributed by atoms with E-state index in [0.29, 0.717) is 24.5 Å². The molecular weight excluding hydrogens is 717 g/mol. The van der Waals surface area contributed by atoms with Crippen LogP contribution in [0.15, 0.2) is 72.3 Å². The van der Waals surface area contributed by atoms with Gasteiger partial charge in [-0.2, -0.15) is 0 Å². The van der Waals surface area contributed by atoms with Crippen LogP contribution in [0.25, 0.3) is 6.08 Å². The van der Waals surface area contributed by atoms with Crippen molar-refractivity contribution >= 4 is 58.4 Å². The molecule has 0 aromatic heterocycles. The summed E-state index contributed by atoms with van der Waals surface area (Å²) in [7, 11) is 2.84. The molecule has 11 nitrogen and oxygen atoms in total. The van der Waals surface area contributed by atoms with Crippen molar-refractivity contribution in [2.45, 2.75) is 19.8 Å². The molecular formula is C41H39ClFN3O8. The van der Waals surface area contributed by atoms with Gasteiger partial charge in [-0.05, 0) is 85.8 Å².